The fourth-order valence-electron chi connectivity index (χ4n) is 2.07. The highest BCUT2D eigenvalue weighted by Crippen LogP contribution is 2.40. The number of amides is 2. The Hall–Kier alpha value is -2.20. The van der Waals surface area contributed by atoms with Crippen molar-refractivity contribution < 1.29 is 22.9 Å². The number of urea groups is 1. The smallest absolute Gasteiger partial charge is 0.356 e. The number of fused-ring (bicyclic) bond motifs is 1. The van der Waals surface area contributed by atoms with E-state index in [9.17, 15) is 18.3 Å². The van der Waals surface area contributed by atoms with Crippen LogP contribution in [0.1, 0.15) is 5.56 Å². The van der Waals surface area contributed by atoms with Gasteiger partial charge in [0.2, 0.25) is 0 Å². The number of anilines is 1. The average molecular weight is 300 g/mol. The summed E-state index contributed by atoms with van der Waals surface area (Å²) in [5, 5.41) is 15.2. The Balaban J connectivity index is 2.45. The molecule has 0 saturated heterocycles. The summed E-state index contributed by atoms with van der Waals surface area (Å²) in [6, 6.07) is 1.66. The molecule has 1 aliphatic rings. The van der Waals surface area contributed by atoms with Gasteiger partial charge in [0.25, 0.3) is 10.1 Å². The summed E-state index contributed by atoms with van der Waals surface area (Å²) in [5.41, 5.74) is 5.78. The molecule has 1 aromatic carbocycles. The van der Waals surface area contributed by atoms with Gasteiger partial charge in [-0.3, -0.25) is 4.55 Å². The topological polar surface area (TPSA) is 146 Å². The molecule has 108 valence electrons. The second-order valence-electron chi connectivity index (χ2n) is 4.29. The van der Waals surface area contributed by atoms with Crippen molar-refractivity contribution in [2.75, 3.05) is 11.9 Å². The van der Waals surface area contributed by atoms with Crippen molar-refractivity contribution in [2.45, 2.75) is 11.8 Å². The quantitative estimate of drug-likeness (QED) is 0.543. The molecule has 2 rings (SSSR count). The SMILES string of the molecule is CN1c2cc(N=NC(N)=O)c(O)cc2CC1S(=O)(=O)O. The van der Waals surface area contributed by atoms with Gasteiger partial charge < -0.3 is 15.7 Å². The Morgan fingerprint density at radius 3 is 2.70 bits per heavy atom. The molecule has 0 radical (unpaired) electrons. The van der Waals surface area contributed by atoms with Crippen LogP contribution in [0.25, 0.3) is 0 Å². The van der Waals surface area contributed by atoms with Crippen LogP contribution in [0.15, 0.2) is 22.4 Å². The van der Waals surface area contributed by atoms with Crippen LogP contribution < -0.4 is 10.6 Å². The molecule has 0 bridgehead atoms. The highest BCUT2D eigenvalue weighted by molar-refractivity contribution is 7.86. The van der Waals surface area contributed by atoms with Crippen LogP contribution in [-0.4, -0.2) is 36.5 Å². The van der Waals surface area contributed by atoms with Gasteiger partial charge in [-0.2, -0.15) is 8.42 Å². The summed E-state index contributed by atoms with van der Waals surface area (Å²) in [6.45, 7) is 0. The number of likely N-dealkylation sites (N-methyl/N-ethyl adjacent to an activating group) is 1. The van der Waals surface area contributed by atoms with E-state index in [0.29, 0.717) is 11.3 Å². The van der Waals surface area contributed by atoms with Crippen LogP contribution in [-0.2, 0) is 16.5 Å². The maximum Gasteiger partial charge on any atom is 0.356 e. The number of hydrogen-bond donors (Lipinski definition) is 3. The standard InChI is InChI=1S/C10H12N4O5S/c1-14-7-4-6(12-13-10(11)16)8(15)2-5(7)3-9(14)20(17,18)19/h2,4,9,15H,3H2,1H3,(H2,11,16)(H,17,18,19). The zero-order valence-corrected chi connectivity index (χ0v) is 11.2. The summed E-state index contributed by atoms with van der Waals surface area (Å²) in [4.78, 5) is 11.9. The molecule has 4 N–H and O–H groups in total. The molecule has 10 heteroatoms. The summed E-state index contributed by atoms with van der Waals surface area (Å²) in [5.74, 6) is -0.266. The molecule has 9 nitrogen and oxygen atoms in total. The number of hydrogen-bond acceptors (Lipinski definition) is 6. The molecule has 0 aliphatic carbocycles. The first-order chi connectivity index (χ1) is 9.20. The van der Waals surface area contributed by atoms with E-state index in [1.807, 2.05) is 0 Å². The summed E-state index contributed by atoms with van der Waals surface area (Å²) in [6.07, 6.45) is 0.0332. The lowest BCUT2D eigenvalue weighted by atomic mass is 10.1. The third-order valence-corrected chi connectivity index (χ3v) is 4.15. The highest BCUT2D eigenvalue weighted by Gasteiger charge is 2.36. The Labute approximate surface area is 114 Å². The molecule has 0 saturated carbocycles. The first-order valence-electron chi connectivity index (χ1n) is 5.46. The van der Waals surface area contributed by atoms with E-state index in [2.05, 4.69) is 10.2 Å². The van der Waals surface area contributed by atoms with E-state index in [1.165, 1.54) is 24.1 Å². The third kappa shape index (κ3) is 2.56. The molecule has 1 heterocycles. The summed E-state index contributed by atoms with van der Waals surface area (Å²) >= 11 is 0. The minimum Gasteiger partial charge on any atom is -0.506 e. The van der Waals surface area contributed by atoms with Crippen molar-refractivity contribution in [1.29, 1.82) is 0 Å². The van der Waals surface area contributed by atoms with Gasteiger partial charge in [-0.1, -0.05) is 5.11 Å². The molecule has 20 heavy (non-hydrogen) atoms. The normalized spacial score (nSPS) is 18.5. The van der Waals surface area contributed by atoms with Gasteiger partial charge in [0.15, 0.2) is 5.37 Å². The van der Waals surface area contributed by atoms with Crippen molar-refractivity contribution >= 4 is 27.5 Å². The Kier molecular flexibility index (Phi) is 3.36. The molecule has 1 aliphatic heterocycles. The number of benzene rings is 1. The van der Waals surface area contributed by atoms with Crippen molar-refractivity contribution in [3.63, 3.8) is 0 Å². The van der Waals surface area contributed by atoms with Crippen LogP contribution in [0.4, 0.5) is 16.2 Å². The minimum atomic E-state index is -4.25. The van der Waals surface area contributed by atoms with Gasteiger partial charge in [0.1, 0.15) is 11.4 Å². The Morgan fingerprint density at radius 2 is 2.15 bits per heavy atom. The first-order valence-corrected chi connectivity index (χ1v) is 6.96. The minimum absolute atomic E-state index is 0.0228. The van der Waals surface area contributed by atoms with Crippen molar-refractivity contribution in [3.8, 4) is 5.75 Å². The number of carbonyl (C=O) groups is 1. The van der Waals surface area contributed by atoms with Gasteiger partial charge in [0.05, 0.1) is 0 Å². The van der Waals surface area contributed by atoms with Gasteiger partial charge in [-0.05, 0) is 17.7 Å². The lowest BCUT2D eigenvalue weighted by Gasteiger charge is -2.19. The van der Waals surface area contributed by atoms with Crippen LogP contribution >= 0.6 is 0 Å². The lowest BCUT2D eigenvalue weighted by molar-refractivity contribution is 0.255. The zero-order chi connectivity index (χ0) is 15.1. The van der Waals surface area contributed by atoms with Gasteiger partial charge in [0, 0.05) is 19.2 Å². The van der Waals surface area contributed by atoms with Crippen LogP contribution in [0, 0.1) is 0 Å². The number of rotatable bonds is 2. The predicted octanol–water partition coefficient (Wildman–Crippen LogP) is 0.761. The molecule has 0 aromatic heterocycles. The molecular formula is C10H12N4O5S. The second kappa shape index (κ2) is 4.72. The van der Waals surface area contributed by atoms with E-state index in [1.54, 1.807) is 0 Å². The summed E-state index contributed by atoms with van der Waals surface area (Å²) < 4.78 is 31.6. The van der Waals surface area contributed by atoms with E-state index in [-0.39, 0.29) is 17.9 Å². The number of primary amides is 1. The van der Waals surface area contributed by atoms with Crippen LogP contribution in [0.5, 0.6) is 5.75 Å². The molecule has 2 amide bonds. The maximum absolute atomic E-state index is 11.2. The van der Waals surface area contributed by atoms with Crippen LogP contribution in [0.2, 0.25) is 0 Å². The monoisotopic (exact) mass is 300 g/mol. The van der Waals surface area contributed by atoms with Crippen LogP contribution in [0.3, 0.4) is 0 Å². The summed E-state index contributed by atoms with van der Waals surface area (Å²) in [7, 11) is -2.77. The number of aromatic hydroxyl groups is 1. The number of azo groups is 1. The largest absolute Gasteiger partial charge is 0.506 e. The predicted molar refractivity (Wildman–Crippen MR) is 69.6 cm³/mol. The molecule has 0 fully saturated rings. The average Bonchev–Trinajstić information content (AvgIpc) is 2.63. The van der Waals surface area contributed by atoms with Gasteiger partial charge in [-0.25, -0.2) is 4.79 Å². The Morgan fingerprint density at radius 1 is 1.50 bits per heavy atom. The van der Waals surface area contributed by atoms with Crippen molar-refractivity contribution in [2.24, 2.45) is 16.0 Å². The maximum atomic E-state index is 11.2. The fourth-order valence-corrected chi connectivity index (χ4v) is 2.97. The van der Waals surface area contributed by atoms with E-state index in [4.69, 9.17) is 10.3 Å². The number of phenolic OH excluding ortho intramolecular Hbond substituents is 1. The van der Waals surface area contributed by atoms with Gasteiger partial charge >= 0.3 is 6.03 Å². The van der Waals surface area contributed by atoms with Crippen molar-refractivity contribution in [1.82, 2.24) is 0 Å². The molecule has 1 unspecified atom stereocenters. The number of nitrogens with zero attached hydrogens (tertiary/aromatic N) is 3. The van der Waals surface area contributed by atoms with Gasteiger partial charge in [-0.15, -0.1) is 5.11 Å². The fraction of sp³-hybridized carbons (Fsp3) is 0.300. The highest BCUT2D eigenvalue weighted by atomic mass is 32.2. The number of carbonyl (C=O) groups excluding carboxylic acids is 1. The molecule has 0 spiro atoms. The molecule has 1 atom stereocenters. The second-order valence-corrected chi connectivity index (χ2v) is 5.87. The number of phenols is 1. The van der Waals surface area contributed by atoms with E-state index < -0.39 is 21.5 Å². The van der Waals surface area contributed by atoms with Crippen molar-refractivity contribution in [3.05, 3.63) is 17.7 Å². The van der Waals surface area contributed by atoms with E-state index in [0.717, 1.165) is 0 Å². The lowest BCUT2D eigenvalue weighted by Crippen LogP contribution is -2.35. The third-order valence-electron chi connectivity index (χ3n) is 2.98. The first kappa shape index (κ1) is 14.2. The van der Waals surface area contributed by atoms with E-state index >= 15 is 0 Å². The number of nitrogens with two attached hydrogens (primary N) is 1. The molecule has 1 aromatic rings. The zero-order valence-electron chi connectivity index (χ0n) is 10.4. The Bertz CT molecular complexity index is 700. The molecular weight excluding hydrogens is 288 g/mol.